The van der Waals surface area contributed by atoms with Gasteiger partial charge in [0, 0.05) is 23.6 Å². The minimum Gasteiger partial charge on any atom is -0.497 e. The Hall–Kier alpha value is -3.07. The lowest BCUT2D eigenvalue weighted by atomic mass is 9.86. The molecule has 0 aliphatic heterocycles. The summed E-state index contributed by atoms with van der Waals surface area (Å²) in [6.07, 6.45) is 0.403. The standard InChI is InChI=1S/C22H21NO2/c1-25-20-13-9-18(10-14-20)22(24)15-21(16-5-3-2-4-6-16)17-7-11-19(23)12-8-17/h2-14,21H,15,23H2,1H3. The number of rotatable bonds is 6. The van der Waals surface area contributed by atoms with Crippen molar-refractivity contribution >= 4 is 11.5 Å². The predicted molar refractivity (Wildman–Crippen MR) is 101 cm³/mol. The number of anilines is 1. The summed E-state index contributed by atoms with van der Waals surface area (Å²) < 4.78 is 5.16. The molecule has 0 bridgehead atoms. The molecule has 3 aromatic rings. The lowest BCUT2D eigenvalue weighted by molar-refractivity contribution is 0.0977. The molecule has 126 valence electrons. The average Bonchev–Trinajstić information content (AvgIpc) is 2.67. The van der Waals surface area contributed by atoms with E-state index in [9.17, 15) is 4.79 Å². The highest BCUT2D eigenvalue weighted by Gasteiger charge is 2.19. The van der Waals surface area contributed by atoms with Gasteiger partial charge in [-0.25, -0.2) is 0 Å². The van der Waals surface area contributed by atoms with Gasteiger partial charge in [-0.3, -0.25) is 4.79 Å². The molecule has 0 saturated heterocycles. The van der Waals surface area contributed by atoms with E-state index in [0.29, 0.717) is 12.0 Å². The summed E-state index contributed by atoms with van der Waals surface area (Å²) in [6, 6.07) is 25.1. The minimum absolute atomic E-state index is 0.00333. The molecule has 0 fully saturated rings. The van der Waals surface area contributed by atoms with Crippen molar-refractivity contribution in [3.05, 3.63) is 95.6 Å². The summed E-state index contributed by atoms with van der Waals surface area (Å²) >= 11 is 0. The van der Waals surface area contributed by atoms with Crippen LogP contribution in [0.25, 0.3) is 0 Å². The third-order valence-corrected chi connectivity index (χ3v) is 4.34. The molecule has 0 saturated carbocycles. The largest absolute Gasteiger partial charge is 0.497 e. The van der Waals surface area contributed by atoms with Crippen LogP contribution in [0.1, 0.15) is 33.8 Å². The first-order valence-electron chi connectivity index (χ1n) is 8.25. The monoisotopic (exact) mass is 331 g/mol. The lowest BCUT2D eigenvalue weighted by Gasteiger charge is -2.18. The van der Waals surface area contributed by atoms with Crippen molar-refractivity contribution in [1.82, 2.24) is 0 Å². The fourth-order valence-electron chi connectivity index (χ4n) is 2.92. The number of ketones is 1. The number of methoxy groups -OCH3 is 1. The minimum atomic E-state index is -0.00333. The van der Waals surface area contributed by atoms with Crippen LogP contribution in [-0.2, 0) is 0 Å². The first-order valence-corrected chi connectivity index (χ1v) is 8.25. The van der Waals surface area contributed by atoms with Crippen molar-refractivity contribution in [2.45, 2.75) is 12.3 Å². The first-order chi connectivity index (χ1) is 12.2. The SMILES string of the molecule is COc1ccc(C(=O)CC(c2ccccc2)c2ccc(N)cc2)cc1. The molecular weight excluding hydrogens is 310 g/mol. The number of nitrogen functional groups attached to an aromatic ring is 1. The highest BCUT2D eigenvalue weighted by atomic mass is 16.5. The number of carbonyl (C=O) groups excluding carboxylic acids is 1. The summed E-state index contributed by atoms with van der Waals surface area (Å²) in [4.78, 5) is 12.8. The fraction of sp³-hybridized carbons (Fsp3) is 0.136. The van der Waals surface area contributed by atoms with E-state index in [-0.39, 0.29) is 11.7 Å². The van der Waals surface area contributed by atoms with E-state index >= 15 is 0 Å². The van der Waals surface area contributed by atoms with Crippen LogP contribution in [0.15, 0.2) is 78.9 Å². The second-order valence-corrected chi connectivity index (χ2v) is 5.99. The molecule has 0 aromatic heterocycles. The van der Waals surface area contributed by atoms with Crippen LogP contribution in [0.2, 0.25) is 0 Å². The zero-order valence-corrected chi connectivity index (χ0v) is 14.2. The Kier molecular flexibility index (Phi) is 5.14. The maximum absolute atomic E-state index is 12.8. The highest BCUT2D eigenvalue weighted by Crippen LogP contribution is 2.30. The van der Waals surface area contributed by atoms with E-state index in [4.69, 9.17) is 10.5 Å². The van der Waals surface area contributed by atoms with Gasteiger partial charge in [0.1, 0.15) is 5.75 Å². The Morgan fingerprint density at radius 1 is 0.880 bits per heavy atom. The molecule has 1 unspecified atom stereocenters. The van der Waals surface area contributed by atoms with E-state index in [0.717, 1.165) is 22.6 Å². The normalized spacial score (nSPS) is 11.7. The van der Waals surface area contributed by atoms with E-state index in [1.54, 1.807) is 7.11 Å². The number of Topliss-reactive ketones (excluding diaryl/α,β-unsaturated/α-hetero) is 1. The van der Waals surface area contributed by atoms with E-state index in [1.165, 1.54) is 0 Å². The van der Waals surface area contributed by atoms with Gasteiger partial charge in [0.25, 0.3) is 0 Å². The summed E-state index contributed by atoms with van der Waals surface area (Å²) in [5.41, 5.74) is 9.42. The topological polar surface area (TPSA) is 52.3 Å². The quantitative estimate of drug-likeness (QED) is 0.527. The summed E-state index contributed by atoms with van der Waals surface area (Å²) in [5, 5.41) is 0. The summed E-state index contributed by atoms with van der Waals surface area (Å²) in [5.74, 6) is 0.847. The number of ether oxygens (including phenoxy) is 1. The zero-order chi connectivity index (χ0) is 17.6. The number of nitrogens with two attached hydrogens (primary N) is 1. The van der Waals surface area contributed by atoms with Crippen LogP contribution in [0.5, 0.6) is 5.75 Å². The Balaban J connectivity index is 1.89. The molecular formula is C22H21NO2. The molecule has 0 spiro atoms. The van der Waals surface area contributed by atoms with Crippen molar-refractivity contribution in [2.24, 2.45) is 0 Å². The van der Waals surface area contributed by atoms with Crippen molar-refractivity contribution in [3.8, 4) is 5.75 Å². The smallest absolute Gasteiger partial charge is 0.163 e. The van der Waals surface area contributed by atoms with Gasteiger partial charge < -0.3 is 10.5 Å². The van der Waals surface area contributed by atoms with Crippen LogP contribution >= 0.6 is 0 Å². The number of hydrogen-bond acceptors (Lipinski definition) is 3. The van der Waals surface area contributed by atoms with Crippen LogP contribution in [0, 0.1) is 0 Å². The maximum atomic E-state index is 12.8. The second kappa shape index (κ2) is 7.67. The van der Waals surface area contributed by atoms with Crippen LogP contribution in [0.4, 0.5) is 5.69 Å². The zero-order valence-electron chi connectivity index (χ0n) is 14.2. The average molecular weight is 331 g/mol. The van der Waals surface area contributed by atoms with Gasteiger partial charge in [0.15, 0.2) is 5.78 Å². The summed E-state index contributed by atoms with van der Waals surface area (Å²) in [6.45, 7) is 0. The lowest BCUT2D eigenvalue weighted by Crippen LogP contribution is -2.09. The second-order valence-electron chi connectivity index (χ2n) is 5.99. The third-order valence-electron chi connectivity index (χ3n) is 4.34. The summed E-state index contributed by atoms with van der Waals surface area (Å²) in [7, 11) is 1.61. The van der Waals surface area contributed by atoms with Crippen LogP contribution in [0.3, 0.4) is 0 Å². The molecule has 0 amide bonds. The molecule has 0 aliphatic rings. The predicted octanol–water partition coefficient (Wildman–Crippen LogP) is 4.68. The molecule has 0 aliphatic carbocycles. The first kappa shape index (κ1) is 16.8. The van der Waals surface area contributed by atoms with Gasteiger partial charge in [-0.05, 0) is 47.5 Å². The van der Waals surface area contributed by atoms with Crippen molar-refractivity contribution in [1.29, 1.82) is 0 Å². The van der Waals surface area contributed by atoms with Crippen molar-refractivity contribution in [3.63, 3.8) is 0 Å². The van der Waals surface area contributed by atoms with Gasteiger partial charge >= 0.3 is 0 Å². The Bertz CT molecular complexity index is 824. The molecule has 0 radical (unpaired) electrons. The maximum Gasteiger partial charge on any atom is 0.163 e. The van der Waals surface area contributed by atoms with E-state index in [2.05, 4.69) is 12.1 Å². The molecule has 3 aromatic carbocycles. The molecule has 3 rings (SSSR count). The molecule has 0 heterocycles. The fourth-order valence-corrected chi connectivity index (χ4v) is 2.92. The van der Waals surface area contributed by atoms with Gasteiger partial charge in [0.05, 0.1) is 7.11 Å². The third kappa shape index (κ3) is 4.07. The molecule has 3 heteroatoms. The number of benzene rings is 3. The van der Waals surface area contributed by atoms with E-state index < -0.39 is 0 Å². The Labute approximate surface area is 148 Å². The van der Waals surface area contributed by atoms with Crippen LogP contribution < -0.4 is 10.5 Å². The van der Waals surface area contributed by atoms with Crippen molar-refractivity contribution < 1.29 is 9.53 Å². The highest BCUT2D eigenvalue weighted by molar-refractivity contribution is 5.97. The van der Waals surface area contributed by atoms with Gasteiger partial charge in [-0.1, -0.05) is 42.5 Å². The van der Waals surface area contributed by atoms with Crippen molar-refractivity contribution in [2.75, 3.05) is 12.8 Å². The Morgan fingerprint density at radius 2 is 1.48 bits per heavy atom. The number of hydrogen-bond donors (Lipinski definition) is 1. The Morgan fingerprint density at radius 3 is 2.08 bits per heavy atom. The van der Waals surface area contributed by atoms with Crippen LogP contribution in [-0.4, -0.2) is 12.9 Å². The van der Waals surface area contributed by atoms with Gasteiger partial charge in [-0.15, -0.1) is 0 Å². The van der Waals surface area contributed by atoms with E-state index in [1.807, 2.05) is 66.7 Å². The number of carbonyl (C=O) groups is 1. The molecule has 1 atom stereocenters. The molecule has 3 nitrogen and oxygen atoms in total. The van der Waals surface area contributed by atoms with Gasteiger partial charge in [-0.2, -0.15) is 0 Å². The van der Waals surface area contributed by atoms with Gasteiger partial charge in [0.2, 0.25) is 0 Å². The molecule has 2 N–H and O–H groups in total. The molecule has 25 heavy (non-hydrogen) atoms.